The fourth-order valence-electron chi connectivity index (χ4n) is 1.52. The monoisotopic (exact) mass is 259 g/mol. The normalized spacial score (nSPS) is 10.8. The number of carbonyl (C=O) groups is 1. The molecule has 0 spiro atoms. The molecular formula is C12H15Cl2NO. The van der Waals surface area contributed by atoms with Crippen molar-refractivity contribution in [1.82, 2.24) is 4.90 Å². The summed E-state index contributed by atoms with van der Waals surface area (Å²) in [5.74, 6) is 0. The van der Waals surface area contributed by atoms with Gasteiger partial charge >= 0.3 is 0 Å². The maximum atomic E-state index is 11.0. The summed E-state index contributed by atoms with van der Waals surface area (Å²) < 4.78 is 0. The lowest BCUT2D eigenvalue weighted by Gasteiger charge is -2.18. The van der Waals surface area contributed by atoms with E-state index >= 15 is 0 Å². The second kappa shape index (κ2) is 6.24. The summed E-state index contributed by atoms with van der Waals surface area (Å²) in [6, 6.07) is 5.37. The Morgan fingerprint density at radius 2 is 1.94 bits per heavy atom. The first kappa shape index (κ1) is 13.5. The van der Waals surface area contributed by atoms with E-state index in [1.54, 1.807) is 12.1 Å². The lowest BCUT2D eigenvalue weighted by molar-refractivity contribution is 0.108. The van der Waals surface area contributed by atoms with Crippen LogP contribution in [0.15, 0.2) is 18.2 Å². The minimum atomic E-state index is -0.514. The quantitative estimate of drug-likeness (QED) is 0.754. The van der Waals surface area contributed by atoms with Crippen molar-refractivity contribution in [3.05, 3.63) is 34.3 Å². The molecule has 1 aromatic rings. The number of nitrogens with zero attached hydrogens (tertiary/aromatic N) is 1. The van der Waals surface area contributed by atoms with E-state index in [0.717, 1.165) is 25.2 Å². The highest BCUT2D eigenvalue weighted by atomic mass is 35.5. The Labute approximate surface area is 106 Å². The molecule has 0 unspecified atom stereocenters. The summed E-state index contributed by atoms with van der Waals surface area (Å²) in [5.41, 5.74) is 1.46. The van der Waals surface area contributed by atoms with Gasteiger partial charge in [0.05, 0.1) is 10.6 Å². The number of halogens is 2. The zero-order valence-corrected chi connectivity index (χ0v) is 11.0. The van der Waals surface area contributed by atoms with Crippen LogP contribution >= 0.6 is 23.2 Å². The first-order valence-corrected chi connectivity index (χ1v) is 6.04. The number of hydrogen-bond donors (Lipinski definition) is 0. The molecule has 0 saturated carbocycles. The van der Waals surface area contributed by atoms with Gasteiger partial charge in [0, 0.05) is 6.54 Å². The minimum absolute atomic E-state index is 0.367. The van der Waals surface area contributed by atoms with Crippen molar-refractivity contribution >= 4 is 28.4 Å². The Kier molecular flexibility index (Phi) is 5.26. The third-order valence-corrected chi connectivity index (χ3v) is 3.06. The Morgan fingerprint density at radius 3 is 2.38 bits per heavy atom. The van der Waals surface area contributed by atoms with Crippen LogP contribution in [-0.2, 0) is 6.54 Å². The van der Waals surface area contributed by atoms with E-state index in [9.17, 15) is 4.79 Å². The SMILES string of the molecule is CCN(CC)Cc1ccc(C(=O)Cl)c(Cl)c1. The van der Waals surface area contributed by atoms with Crippen LogP contribution in [0.4, 0.5) is 0 Å². The lowest BCUT2D eigenvalue weighted by Crippen LogP contribution is -2.22. The van der Waals surface area contributed by atoms with Gasteiger partial charge < -0.3 is 0 Å². The molecule has 1 aromatic carbocycles. The van der Waals surface area contributed by atoms with E-state index in [1.165, 1.54) is 0 Å². The molecule has 0 aliphatic rings. The summed E-state index contributed by atoms with van der Waals surface area (Å²) in [7, 11) is 0. The summed E-state index contributed by atoms with van der Waals surface area (Å²) in [6.45, 7) is 7.04. The predicted molar refractivity (Wildman–Crippen MR) is 68.3 cm³/mol. The molecule has 0 aliphatic carbocycles. The number of carbonyl (C=O) groups excluding carboxylic acids is 1. The third kappa shape index (κ3) is 3.48. The van der Waals surface area contributed by atoms with Gasteiger partial charge in [0.2, 0.25) is 0 Å². The van der Waals surface area contributed by atoms with Crippen molar-refractivity contribution in [3.8, 4) is 0 Å². The van der Waals surface area contributed by atoms with Crippen molar-refractivity contribution in [1.29, 1.82) is 0 Å². The van der Waals surface area contributed by atoms with E-state index in [4.69, 9.17) is 23.2 Å². The molecule has 0 radical (unpaired) electrons. The van der Waals surface area contributed by atoms with Crippen LogP contribution < -0.4 is 0 Å². The van der Waals surface area contributed by atoms with Crippen LogP contribution in [-0.4, -0.2) is 23.2 Å². The lowest BCUT2D eigenvalue weighted by atomic mass is 10.1. The standard InChI is InChI=1S/C12H15Cl2NO/c1-3-15(4-2)8-9-5-6-10(12(14)16)11(13)7-9/h5-7H,3-4,8H2,1-2H3. The Hall–Kier alpha value is -0.570. The van der Waals surface area contributed by atoms with Crippen LogP contribution in [0.1, 0.15) is 29.8 Å². The molecule has 0 fully saturated rings. The Morgan fingerprint density at radius 1 is 1.31 bits per heavy atom. The summed E-state index contributed by atoms with van der Waals surface area (Å²) in [4.78, 5) is 13.3. The topological polar surface area (TPSA) is 20.3 Å². The Balaban J connectivity index is 2.84. The fraction of sp³-hybridized carbons (Fsp3) is 0.417. The molecule has 88 valence electrons. The number of benzene rings is 1. The summed E-state index contributed by atoms with van der Waals surface area (Å²) >= 11 is 11.4. The highest BCUT2D eigenvalue weighted by Gasteiger charge is 2.09. The summed E-state index contributed by atoms with van der Waals surface area (Å²) in [5, 5.41) is -0.0935. The highest BCUT2D eigenvalue weighted by molar-refractivity contribution is 6.68. The van der Waals surface area contributed by atoms with Crippen LogP contribution in [0.2, 0.25) is 5.02 Å². The maximum Gasteiger partial charge on any atom is 0.253 e. The smallest absolute Gasteiger partial charge is 0.253 e. The summed E-state index contributed by atoms with van der Waals surface area (Å²) in [6.07, 6.45) is 0. The predicted octanol–water partition coefficient (Wildman–Crippen LogP) is 3.56. The van der Waals surface area contributed by atoms with E-state index in [-0.39, 0.29) is 0 Å². The van der Waals surface area contributed by atoms with Crippen molar-refractivity contribution in [3.63, 3.8) is 0 Å². The third-order valence-electron chi connectivity index (χ3n) is 2.55. The zero-order valence-electron chi connectivity index (χ0n) is 9.46. The molecule has 0 bridgehead atoms. The zero-order chi connectivity index (χ0) is 12.1. The largest absolute Gasteiger partial charge is 0.300 e. The van der Waals surface area contributed by atoms with Crippen molar-refractivity contribution < 1.29 is 4.79 Å². The minimum Gasteiger partial charge on any atom is -0.300 e. The second-order valence-electron chi connectivity index (χ2n) is 3.55. The number of hydrogen-bond acceptors (Lipinski definition) is 2. The van der Waals surface area contributed by atoms with Gasteiger partial charge in [-0.25, -0.2) is 0 Å². The van der Waals surface area contributed by atoms with Crippen LogP contribution in [0, 0.1) is 0 Å². The van der Waals surface area contributed by atoms with E-state index in [1.807, 2.05) is 6.07 Å². The van der Waals surface area contributed by atoms with Gasteiger partial charge in [0.15, 0.2) is 0 Å². The van der Waals surface area contributed by atoms with Gasteiger partial charge in [-0.2, -0.15) is 0 Å². The van der Waals surface area contributed by atoms with Gasteiger partial charge in [-0.15, -0.1) is 0 Å². The van der Waals surface area contributed by atoms with Gasteiger partial charge in [-0.05, 0) is 42.4 Å². The molecule has 1 rings (SSSR count). The average Bonchev–Trinajstić information content (AvgIpc) is 2.25. The molecule has 4 heteroatoms. The van der Waals surface area contributed by atoms with Gasteiger partial charge in [0.25, 0.3) is 5.24 Å². The molecule has 2 nitrogen and oxygen atoms in total. The first-order valence-electron chi connectivity index (χ1n) is 5.29. The molecular weight excluding hydrogens is 245 g/mol. The molecule has 0 N–H and O–H groups in total. The Bertz CT molecular complexity index is 375. The van der Waals surface area contributed by atoms with Gasteiger partial charge in [0.1, 0.15) is 0 Å². The van der Waals surface area contributed by atoms with Crippen LogP contribution in [0.3, 0.4) is 0 Å². The van der Waals surface area contributed by atoms with Crippen molar-refractivity contribution in [2.75, 3.05) is 13.1 Å². The molecule has 0 amide bonds. The van der Waals surface area contributed by atoms with Crippen molar-refractivity contribution in [2.45, 2.75) is 20.4 Å². The van der Waals surface area contributed by atoms with E-state index in [0.29, 0.717) is 10.6 Å². The fourth-order valence-corrected chi connectivity index (χ4v) is 2.02. The number of rotatable bonds is 5. The molecule has 0 saturated heterocycles. The molecule has 0 aromatic heterocycles. The maximum absolute atomic E-state index is 11.0. The van der Waals surface area contributed by atoms with E-state index in [2.05, 4.69) is 18.7 Å². The first-order chi connectivity index (χ1) is 7.58. The average molecular weight is 260 g/mol. The molecule has 0 atom stereocenters. The molecule has 0 aliphatic heterocycles. The van der Waals surface area contributed by atoms with Gasteiger partial charge in [-0.1, -0.05) is 31.5 Å². The second-order valence-corrected chi connectivity index (χ2v) is 4.30. The molecule has 0 heterocycles. The van der Waals surface area contributed by atoms with Crippen LogP contribution in [0.25, 0.3) is 0 Å². The van der Waals surface area contributed by atoms with E-state index < -0.39 is 5.24 Å². The molecule has 16 heavy (non-hydrogen) atoms. The van der Waals surface area contributed by atoms with Crippen molar-refractivity contribution in [2.24, 2.45) is 0 Å². The van der Waals surface area contributed by atoms with Gasteiger partial charge in [-0.3, -0.25) is 9.69 Å². The highest BCUT2D eigenvalue weighted by Crippen LogP contribution is 2.20. The van der Waals surface area contributed by atoms with Crippen LogP contribution in [0.5, 0.6) is 0 Å².